The van der Waals surface area contributed by atoms with Gasteiger partial charge in [0.2, 0.25) is 6.10 Å². The number of likely N-dealkylation sites (N-methyl/N-ethyl adjacent to an activating group) is 1. The maximum atomic E-state index is 13.0. The van der Waals surface area contributed by atoms with Crippen LogP contribution in [0.15, 0.2) is 18.2 Å². The summed E-state index contributed by atoms with van der Waals surface area (Å²) in [6, 6.07) is 3.63. The second-order valence-corrected chi connectivity index (χ2v) is 4.01. The Morgan fingerprint density at radius 1 is 1.58 bits per heavy atom. The van der Waals surface area contributed by atoms with Crippen molar-refractivity contribution in [2.24, 2.45) is 5.73 Å². The van der Waals surface area contributed by atoms with E-state index in [1.807, 2.05) is 0 Å². The van der Waals surface area contributed by atoms with E-state index < -0.39 is 30.5 Å². The van der Waals surface area contributed by atoms with Crippen LogP contribution in [0.5, 0.6) is 0 Å². The van der Waals surface area contributed by atoms with E-state index in [1.54, 1.807) is 0 Å². The first kappa shape index (κ1) is 15.2. The van der Waals surface area contributed by atoms with Gasteiger partial charge in [-0.2, -0.15) is 0 Å². The third kappa shape index (κ3) is 3.80. The van der Waals surface area contributed by atoms with Crippen molar-refractivity contribution in [1.29, 1.82) is 0 Å². The Bertz CT molecular complexity index is 498. The monoisotopic (exact) mass is 290 g/mol. The van der Waals surface area contributed by atoms with Gasteiger partial charge >= 0.3 is 6.09 Å². The minimum atomic E-state index is -1.42. The molecule has 0 aliphatic rings. The van der Waals surface area contributed by atoms with Gasteiger partial charge in [0.05, 0.1) is 11.6 Å². The van der Waals surface area contributed by atoms with Gasteiger partial charge in [0.1, 0.15) is 5.82 Å². The molecule has 2 amide bonds. The fourth-order valence-electron chi connectivity index (χ4n) is 1.34. The van der Waals surface area contributed by atoms with Crippen molar-refractivity contribution >= 4 is 29.3 Å². The molecule has 0 radical (unpaired) electrons. The molecule has 0 heterocycles. The second-order valence-electron chi connectivity index (χ2n) is 3.60. The number of halogens is 2. The minimum Gasteiger partial charge on any atom is -0.434 e. The van der Waals surface area contributed by atoms with Gasteiger partial charge in [0.25, 0.3) is 5.91 Å². The number of nitrogens with zero attached hydrogens (tertiary/aromatic N) is 1. The van der Waals surface area contributed by atoms with Gasteiger partial charge in [0, 0.05) is 12.7 Å². The Labute approximate surface area is 113 Å². The van der Waals surface area contributed by atoms with E-state index in [-0.39, 0.29) is 10.7 Å². The zero-order valence-electron chi connectivity index (χ0n) is 9.97. The van der Waals surface area contributed by atoms with E-state index in [1.165, 1.54) is 19.2 Å². The number of hydrogen-bond donors (Lipinski definition) is 2. The highest BCUT2D eigenvalue weighted by atomic mass is 35.5. The number of hydrogen-bond acceptors (Lipinski definition) is 4. The smallest absolute Gasteiger partial charge is 0.405 e. The van der Waals surface area contributed by atoms with E-state index in [2.05, 4.69) is 4.74 Å². The molecule has 8 heteroatoms. The van der Waals surface area contributed by atoms with Crippen LogP contribution in [0.4, 0.5) is 14.9 Å². The summed E-state index contributed by atoms with van der Waals surface area (Å²) in [7, 11) is 1.36. The molecule has 6 nitrogen and oxygen atoms in total. The summed E-state index contributed by atoms with van der Waals surface area (Å²) >= 11 is 5.59. The number of anilines is 1. The minimum absolute atomic E-state index is 0.159. The molecule has 0 saturated heterocycles. The first-order chi connectivity index (χ1) is 8.86. The third-order valence-electron chi connectivity index (χ3n) is 2.32. The highest BCUT2D eigenvalue weighted by Crippen LogP contribution is 2.22. The highest BCUT2D eigenvalue weighted by Gasteiger charge is 2.25. The Morgan fingerprint density at radius 2 is 2.21 bits per heavy atom. The number of ether oxygens (including phenoxy) is 1. The molecule has 0 spiro atoms. The lowest BCUT2D eigenvalue weighted by molar-refractivity contribution is -0.128. The maximum Gasteiger partial charge on any atom is 0.405 e. The molecule has 104 valence electrons. The Hall–Kier alpha value is -1.86. The molecule has 1 atom stereocenters. The van der Waals surface area contributed by atoms with Crippen LogP contribution in [0.2, 0.25) is 5.02 Å². The number of primary amides is 1. The second kappa shape index (κ2) is 6.35. The average molecular weight is 291 g/mol. The van der Waals surface area contributed by atoms with E-state index in [0.29, 0.717) is 0 Å². The van der Waals surface area contributed by atoms with Crippen molar-refractivity contribution in [2.75, 3.05) is 18.6 Å². The van der Waals surface area contributed by atoms with Crippen LogP contribution < -0.4 is 10.6 Å². The number of carbonyl (C=O) groups excluding carboxylic acids is 2. The largest absolute Gasteiger partial charge is 0.434 e. The lowest BCUT2D eigenvalue weighted by atomic mass is 10.2. The Kier molecular flexibility index (Phi) is 5.08. The predicted molar refractivity (Wildman–Crippen MR) is 66.4 cm³/mol. The lowest BCUT2D eigenvalue weighted by Gasteiger charge is -2.22. The number of nitrogens with two attached hydrogens (primary N) is 1. The van der Waals surface area contributed by atoms with Gasteiger partial charge in [-0.25, -0.2) is 9.18 Å². The molecular formula is C11H12ClFN2O4. The molecule has 3 N–H and O–H groups in total. The fourth-order valence-corrected chi connectivity index (χ4v) is 1.52. The Morgan fingerprint density at radius 3 is 2.68 bits per heavy atom. The van der Waals surface area contributed by atoms with Crippen LogP contribution in [0.3, 0.4) is 0 Å². The van der Waals surface area contributed by atoms with Gasteiger partial charge in [-0.05, 0) is 18.2 Å². The van der Waals surface area contributed by atoms with Gasteiger partial charge in [0.15, 0.2) is 0 Å². The number of aliphatic hydroxyl groups excluding tert-OH is 1. The van der Waals surface area contributed by atoms with Crippen LogP contribution in [0.25, 0.3) is 0 Å². The number of amides is 2. The van der Waals surface area contributed by atoms with Crippen molar-refractivity contribution in [3.63, 3.8) is 0 Å². The molecule has 0 aliphatic heterocycles. The number of rotatable bonds is 4. The van der Waals surface area contributed by atoms with Crippen molar-refractivity contribution in [3.8, 4) is 0 Å². The van der Waals surface area contributed by atoms with Crippen LogP contribution in [0, 0.1) is 5.82 Å². The molecule has 0 saturated carbocycles. The van der Waals surface area contributed by atoms with Crippen molar-refractivity contribution < 1.29 is 23.8 Å². The standard InChI is InChI=1S/C11H12ClFN2O4/c1-15(6-2-3-8(13)7(12)4-6)10(17)9(5-16)19-11(14)18/h2-4,9,16H,5H2,1H3,(H2,14,18)/t9-/m0/s1. The molecule has 0 aromatic heterocycles. The summed E-state index contributed by atoms with van der Waals surface area (Å²) in [4.78, 5) is 23.5. The van der Waals surface area contributed by atoms with E-state index in [0.717, 1.165) is 11.0 Å². The molecule has 0 unspecified atom stereocenters. The topological polar surface area (TPSA) is 92.9 Å². The summed E-state index contributed by atoms with van der Waals surface area (Å²) in [5.41, 5.74) is 5.06. The maximum absolute atomic E-state index is 13.0. The van der Waals surface area contributed by atoms with Gasteiger partial charge in [-0.1, -0.05) is 11.6 Å². The van der Waals surface area contributed by atoms with Crippen molar-refractivity contribution in [2.45, 2.75) is 6.10 Å². The van der Waals surface area contributed by atoms with Crippen molar-refractivity contribution in [3.05, 3.63) is 29.0 Å². The summed E-state index contributed by atoms with van der Waals surface area (Å²) in [5.74, 6) is -1.35. The zero-order chi connectivity index (χ0) is 14.6. The van der Waals surface area contributed by atoms with Crippen LogP contribution >= 0.6 is 11.6 Å². The van der Waals surface area contributed by atoms with Crippen LogP contribution in [-0.4, -0.2) is 36.9 Å². The van der Waals surface area contributed by atoms with E-state index in [9.17, 15) is 14.0 Å². The lowest BCUT2D eigenvalue weighted by Crippen LogP contribution is -2.42. The SMILES string of the molecule is CN(C(=O)[C@H](CO)OC(N)=O)c1ccc(F)c(Cl)c1. The summed E-state index contributed by atoms with van der Waals surface area (Å²) in [5, 5.41) is 8.81. The van der Waals surface area contributed by atoms with Gasteiger partial charge in [-0.15, -0.1) is 0 Å². The highest BCUT2D eigenvalue weighted by molar-refractivity contribution is 6.31. The quantitative estimate of drug-likeness (QED) is 0.861. The van der Waals surface area contributed by atoms with Crippen LogP contribution in [0.1, 0.15) is 0 Å². The average Bonchev–Trinajstić information content (AvgIpc) is 2.37. The van der Waals surface area contributed by atoms with E-state index >= 15 is 0 Å². The van der Waals surface area contributed by atoms with Crippen molar-refractivity contribution in [1.82, 2.24) is 0 Å². The van der Waals surface area contributed by atoms with Gasteiger partial charge in [-0.3, -0.25) is 4.79 Å². The molecular weight excluding hydrogens is 279 g/mol. The Balaban J connectivity index is 2.91. The first-order valence-electron chi connectivity index (χ1n) is 5.16. The molecule has 1 rings (SSSR count). The fraction of sp³-hybridized carbons (Fsp3) is 0.273. The molecule has 1 aromatic rings. The first-order valence-corrected chi connectivity index (χ1v) is 5.54. The molecule has 0 bridgehead atoms. The van der Waals surface area contributed by atoms with E-state index in [4.69, 9.17) is 22.4 Å². The summed E-state index contributed by atoms with van der Waals surface area (Å²) in [6.45, 7) is -0.721. The summed E-state index contributed by atoms with van der Waals surface area (Å²) < 4.78 is 17.4. The van der Waals surface area contributed by atoms with Crippen LogP contribution in [-0.2, 0) is 9.53 Å². The molecule has 0 fully saturated rings. The molecule has 0 aliphatic carbocycles. The van der Waals surface area contributed by atoms with Gasteiger partial charge < -0.3 is 20.5 Å². The number of aliphatic hydroxyl groups is 1. The molecule has 19 heavy (non-hydrogen) atoms. The normalized spacial score (nSPS) is 11.8. The molecule has 1 aromatic carbocycles. The number of benzene rings is 1. The zero-order valence-corrected chi connectivity index (χ0v) is 10.7. The summed E-state index contributed by atoms with van der Waals surface area (Å²) in [6.07, 6.45) is -2.61. The number of carbonyl (C=O) groups is 2. The third-order valence-corrected chi connectivity index (χ3v) is 2.61. The predicted octanol–water partition coefficient (Wildman–Crippen LogP) is 0.898.